The van der Waals surface area contributed by atoms with Crippen molar-refractivity contribution in [3.8, 4) is 0 Å². The maximum absolute atomic E-state index is 12.7. The summed E-state index contributed by atoms with van der Waals surface area (Å²) in [6.07, 6.45) is 2.57. The van der Waals surface area contributed by atoms with Crippen LogP contribution < -0.4 is 0 Å². The van der Waals surface area contributed by atoms with Gasteiger partial charge < -0.3 is 14.2 Å². The summed E-state index contributed by atoms with van der Waals surface area (Å²) in [6, 6.07) is 18.6. The number of ether oxygens (including phenoxy) is 1. The van der Waals surface area contributed by atoms with Crippen LogP contribution in [0.3, 0.4) is 0 Å². The monoisotopic (exact) mass is 348 g/mol. The fourth-order valence-corrected chi connectivity index (χ4v) is 3.69. The third-order valence-corrected chi connectivity index (χ3v) is 5.19. The van der Waals surface area contributed by atoms with Gasteiger partial charge in [0.05, 0.1) is 13.2 Å². The summed E-state index contributed by atoms with van der Waals surface area (Å²) in [4.78, 5) is 14.7. The van der Waals surface area contributed by atoms with Crippen molar-refractivity contribution in [1.29, 1.82) is 0 Å². The molecule has 2 aromatic carbocycles. The van der Waals surface area contributed by atoms with Gasteiger partial charge in [0.25, 0.3) is 0 Å². The van der Waals surface area contributed by atoms with E-state index in [1.807, 2.05) is 23.1 Å². The van der Waals surface area contributed by atoms with Crippen LogP contribution in [0.1, 0.15) is 23.7 Å². The lowest BCUT2D eigenvalue weighted by Gasteiger charge is -2.33. The molecule has 4 nitrogen and oxygen atoms in total. The molecule has 4 heteroatoms. The van der Waals surface area contributed by atoms with Gasteiger partial charge in [-0.3, -0.25) is 4.79 Å². The third kappa shape index (κ3) is 3.37. The second-order valence-corrected chi connectivity index (χ2v) is 6.88. The molecule has 1 unspecified atom stereocenters. The standard InChI is InChI=1S/C22H24N2O2/c1-17-6-5-9-20-19(17)10-12-23(20)13-11-22(25)24-14-15-26-21(16-24)18-7-3-2-4-8-18/h2-10,12,21H,11,13-16H2,1H3. The number of carbonyl (C=O) groups excluding carboxylic acids is 1. The molecule has 1 atom stereocenters. The highest BCUT2D eigenvalue weighted by atomic mass is 16.5. The van der Waals surface area contributed by atoms with E-state index in [1.54, 1.807) is 0 Å². The molecule has 0 radical (unpaired) electrons. The maximum atomic E-state index is 12.7. The molecule has 134 valence electrons. The molecule has 4 rings (SSSR count). The zero-order valence-corrected chi connectivity index (χ0v) is 15.1. The highest BCUT2D eigenvalue weighted by molar-refractivity contribution is 5.83. The van der Waals surface area contributed by atoms with Crippen molar-refractivity contribution >= 4 is 16.8 Å². The summed E-state index contributed by atoms with van der Waals surface area (Å²) >= 11 is 0. The van der Waals surface area contributed by atoms with Gasteiger partial charge in [0.15, 0.2) is 0 Å². The fourth-order valence-electron chi connectivity index (χ4n) is 3.69. The average molecular weight is 348 g/mol. The number of benzene rings is 2. The normalized spacial score (nSPS) is 17.6. The number of fused-ring (bicyclic) bond motifs is 1. The Morgan fingerprint density at radius 3 is 2.81 bits per heavy atom. The topological polar surface area (TPSA) is 34.5 Å². The predicted molar refractivity (Wildman–Crippen MR) is 103 cm³/mol. The molecular weight excluding hydrogens is 324 g/mol. The Hall–Kier alpha value is -2.59. The molecule has 1 aliphatic rings. The van der Waals surface area contributed by atoms with E-state index in [-0.39, 0.29) is 12.0 Å². The molecule has 0 spiro atoms. The van der Waals surface area contributed by atoms with Crippen molar-refractivity contribution in [2.45, 2.75) is 26.0 Å². The Kier molecular flexibility index (Phi) is 4.76. The Labute approximate surface area is 154 Å². The lowest BCUT2D eigenvalue weighted by molar-refractivity contribution is -0.139. The number of hydrogen-bond donors (Lipinski definition) is 0. The number of hydrogen-bond acceptors (Lipinski definition) is 2. The maximum Gasteiger partial charge on any atom is 0.224 e. The van der Waals surface area contributed by atoms with Crippen molar-refractivity contribution in [2.24, 2.45) is 0 Å². The highest BCUT2D eigenvalue weighted by Gasteiger charge is 2.25. The number of aromatic nitrogens is 1. The van der Waals surface area contributed by atoms with E-state index in [9.17, 15) is 4.79 Å². The molecule has 1 saturated heterocycles. The number of amides is 1. The highest BCUT2D eigenvalue weighted by Crippen LogP contribution is 2.23. The summed E-state index contributed by atoms with van der Waals surface area (Å²) in [6.45, 7) is 4.73. The van der Waals surface area contributed by atoms with Crippen LogP contribution in [0.2, 0.25) is 0 Å². The minimum Gasteiger partial charge on any atom is -0.370 e. The van der Waals surface area contributed by atoms with Crippen molar-refractivity contribution in [2.75, 3.05) is 19.7 Å². The molecule has 2 heterocycles. The van der Waals surface area contributed by atoms with E-state index in [1.165, 1.54) is 16.5 Å². The van der Waals surface area contributed by atoms with Gasteiger partial charge in [0.2, 0.25) is 5.91 Å². The van der Waals surface area contributed by atoms with Crippen molar-refractivity contribution in [1.82, 2.24) is 9.47 Å². The van der Waals surface area contributed by atoms with Gasteiger partial charge in [-0.1, -0.05) is 42.5 Å². The van der Waals surface area contributed by atoms with Crippen molar-refractivity contribution in [3.05, 3.63) is 71.9 Å². The van der Waals surface area contributed by atoms with E-state index in [0.717, 1.165) is 5.56 Å². The SMILES string of the molecule is Cc1cccc2c1ccn2CCC(=O)N1CCOC(c2ccccc2)C1. The van der Waals surface area contributed by atoms with Crippen molar-refractivity contribution < 1.29 is 9.53 Å². The number of morpholine rings is 1. The first-order valence-corrected chi connectivity index (χ1v) is 9.21. The van der Waals surface area contributed by atoms with Crippen LogP contribution in [0.4, 0.5) is 0 Å². The molecule has 1 aliphatic heterocycles. The lowest BCUT2D eigenvalue weighted by Crippen LogP contribution is -2.42. The Bertz CT molecular complexity index is 901. The van der Waals surface area contributed by atoms with Gasteiger partial charge in [-0.2, -0.15) is 0 Å². The molecule has 1 fully saturated rings. The largest absolute Gasteiger partial charge is 0.370 e. The number of carbonyl (C=O) groups is 1. The van der Waals surface area contributed by atoms with Crippen LogP contribution in [-0.2, 0) is 16.1 Å². The Balaban J connectivity index is 1.40. The predicted octanol–water partition coefficient (Wildman–Crippen LogP) is 3.94. The van der Waals surface area contributed by atoms with Crippen LogP contribution in [0.5, 0.6) is 0 Å². The molecule has 26 heavy (non-hydrogen) atoms. The lowest BCUT2D eigenvalue weighted by atomic mass is 10.1. The van der Waals surface area contributed by atoms with E-state index in [4.69, 9.17) is 4.74 Å². The second kappa shape index (κ2) is 7.34. The average Bonchev–Trinajstić information content (AvgIpc) is 3.11. The van der Waals surface area contributed by atoms with Gasteiger partial charge in [0, 0.05) is 36.6 Å². The zero-order chi connectivity index (χ0) is 17.9. The van der Waals surface area contributed by atoms with Crippen LogP contribution in [0, 0.1) is 6.92 Å². The minimum absolute atomic E-state index is 0.0241. The molecule has 1 aromatic heterocycles. The van der Waals surface area contributed by atoms with E-state index in [2.05, 4.69) is 54.1 Å². The van der Waals surface area contributed by atoms with Gasteiger partial charge in [0.1, 0.15) is 6.10 Å². The molecule has 3 aromatic rings. The fraction of sp³-hybridized carbons (Fsp3) is 0.318. The van der Waals surface area contributed by atoms with Gasteiger partial charge in [-0.25, -0.2) is 0 Å². The summed E-state index contributed by atoms with van der Waals surface area (Å²) in [5, 5.41) is 1.26. The van der Waals surface area contributed by atoms with Gasteiger partial charge in [-0.05, 0) is 30.2 Å². The minimum atomic E-state index is -0.0241. The molecule has 0 aliphatic carbocycles. The number of rotatable bonds is 4. The van der Waals surface area contributed by atoms with E-state index >= 15 is 0 Å². The molecule has 0 N–H and O–H groups in total. The summed E-state index contributed by atoms with van der Waals surface area (Å²) in [5.74, 6) is 0.198. The smallest absolute Gasteiger partial charge is 0.224 e. The third-order valence-electron chi connectivity index (χ3n) is 5.19. The Morgan fingerprint density at radius 1 is 1.12 bits per heavy atom. The first-order valence-electron chi connectivity index (χ1n) is 9.21. The summed E-state index contributed by atoms with van der Waals surface area (Å²) in [7, 11) is 0. The molecule has 1 amide bonds. The van der Waals surface area contributed by atoms with Gasteiger partial charge >= 0.3 is 0 Å². The van der Waals surface area contributed by atoms with Crippen molar-refractivity contribution in [3.63, 3.8) is 0 Å². The van der Waals surface area contributed by atoms with Crippen LogP contribution >= 0.6 is 0 Å². The quantitative estimate of drug-likeness (QED) is 0.716. The van der Waals surface area contributed by atoms with E-state index < -0.39 is 0 Å². The van der Waals surface area contributed by atoms with Gasteiger partial charge in [-0.15, -0.1) is 0 Å². The van der Waals surface area contributed by atoms with Crippen LogP contribution in [0.25, 0.3) is 10.9 Å². The van der Waals surface area contributed by atoms with Crippen LogP contribution in [0.15, 0.2) is 60.8 Å². The Morgan fingerprint density at radius 2 is 1.96 bits per heavy atom. The van der Waals surface area contributed by atoms with Crippen LogP contribution in [-0.4, -0.2) is 35.1 Å². The first kappa shape index (κ1) is 16.9. The zero-order valence-electron chi connectivity index (χ0n) is 15.1. The number of aryl methyl sites for hydroxylation is 2. The first-order chi connectivity index (χ1) is 12.7. The number of nitrogens with zero attached hydrogens (tertiary/aromatic N) is 2. The second-order valence-electron chi connectivity index (χ2n) is 6.88. The molecule has 0 bridgehead atoms. The summed E-state index contributed by atoms with van der Waals surface area (Å²) < 4.78 is 8.04. The molecule has 0 saturated carbocycles. The molecular formula is C22H24N2O2. The van der Waals surface area contributed by atoms with E-state index in [0.29, 0.717) is 32.7 Å². The summed E-state index contributed by atoms with van der Waals surface area (Å²) in [5.41, 5.74) is 3.60.